The third kappa shape index (κ3) is 4.99. The highest BCUT2D eigenvalue weighted by molar-refractivity contribution is 6.33. The SMILES string of the molecule is Cc1cc(Nc2ccc(NC(=O)Nc3ccccc3Cl)cc2)nc(N2CCCC2)n1. The molecule has 0 saturated carbocycles. The molecule has 2 amide bonds. The molecule has 3 N–H and O–H groups in total. The van der Waals surface area contributed by atoms with Crippen LogP contribution in [0.1, 0.15) is 18.5 Å². The Balaban J connectivity index is 1.39. The molecule has 3 aromatic rings. The first-order chi connectivity index (χ1) is 14.6. The van der Waals surface area contributed by atoms with Crippen molar-refractivity contribution in [2.24, 2.45) is 0 Å². The first-order valence-electron chi connectivity index (χ1n) is 9.87. The van der Waals surface area contributed by atoms with Gasteiger partial charge in [0.2, 0.25) is 5.95 Å². The maximum atomic E-state index is 12.2. The average Bonchev–Trinajstić information content (AvgIpc) is 3.26. The molecule has 1 aliphatic rings. The summed E-state index contributed by atoms with van der Waals surface area (Å²) in [6, 6.07) is 16.1. The summed E-state index contributed by atoms with van der Waals surface area (Å²) in [4.78, 5) is 23.6. The Morgan fingerprint density at radius 1 is 0.967 bits per heavy atom. The average molecular weight is 423 g/mol. The molecular formula is C22H23ClN6O. The minimum Gasteiger partial charge on any atom is -0.341 e. The second-order valence-electron chi connectivity index (χ2n) is 7.15. The van der Waals surface area contributed by atoms with Crippen LogP contribution in [0.25, 0.3) is 0 Å². The number of hydrogen-bond donors (Lipinski definition) is 3. The topological polar surface area (TPSA) is 82.2 Å². The fourth-order valence-corrected chi connectivity index (χ4v) is 3.49. The Hall–Kier alpha value is -3.32. The molecule has 1 saturated heterocycles. The molecule has 2 heterocycles. The number of rotatable bonds is 5. The molecular weight excluding hydrogens is 400 g/mol. The number of hydrogen-bond acceptors (Lipinski definition) is 5. The van der Waals surface area contributed by atoms with Gasteiger partial charge in [0.25, 0.3) is 0 Å². The number of halogens is 1. The molecule has 30 heavy (non-hydrogen) atoms. The van der Waals surface area contributed by atoms with Crippen molar-refractivity contribution in [2.45, 2.75) is 19.8 Å². The highest BCUT2D eigenvalue weighted by Gasteiger charge is 2.16. The lowest BCUT2D eigenvalue weighted by Crippen LogP contribution is -2.21. The van der Waals surface area contributed by atoms with Gasteiger partial charge in [-0.25, -0.2) is 9.78 Å². The van der Waals surface area contributed by atoms with E-state index in [1.54, 1.807) is 12.1 Å². The number of nitrogens with zero attached hydrogens (tertiary/aromatic N) is 3. The fraction of sp³-hybridized carbons (Fsp3) is 0.227. The molecule has 7 nitrogen and oxygen atoms in total. The van der Waals surface area contributed by atoms with Crippen molar-refractivity contribution in [1.82, 2.24) is 9.97 Å². The highest BCUT2D eigenvalue weighted by atomic mass is 35.5. The molecule has 1 aromatic heterocycles. The summed E-state index contributed by atoms with van der Waals surface area (Å²) in [5, 5.41) is 9.33. The van der Waals surface area contributed by atoms with Crippen LogP contribution in [0.2, 0.25) is 5.02 Å². The van der Waals surface area contributed by atoms with E-state index in [9.17, 15) is 4.79 Å². The number of carbonyl (C=O) groups is 1. The monoisotopic (exact) mass is 422 g/mol. The number of aryl methyl sites for hydroxylation is 1. The lowest BCUT2D eigenvalue weighted by atomic mass is 10.2. The van der Waals surface area contributed by atoms with Gasteiger partial charge < -0.3 is 20.9 Å². The largest absolute Gasteiger partial charge is 0.341 e. The smallest absolute Gasteiger partial charge is 0.323 e. The second-order valence-corrected chi connectivity index (χ2v) is 7.56. The van der Waals surface area contributed by atoms with Crippen molar-refractivity contribution in [1.29, 1.82) is 0 Å². The van der Waals surface area contributed by atoms with E-state index in [1.807, 2.05) is 49.4 Å². The van der Waals surface area contributed by atoms with Gasteiger partial charge >= 0.3 is 6.03 Å². The van der Waals surface area contributed by atoms with Gasteiger partial charge in [-0.15, -0.1) is 0 Å². The predicted molar refractivity (Wildman–Crippen MR) is 122 cm³/mol. The summed E-state index contributed by atoms with van der Waals surface area (Å²) in [7, 11) is 0. The van der Waals surface area contributed by atoms with E-state index in [-0.39, 0.29) is 6.03 Å². The van der Waals surface area contributed by atoms with Crippen LogP contribution in [-0.2, 0) is 0 Å². The molecule has 0 bridgehead atoms. The highest BCUT2D eigenvalue weighted by Crippen LogP contribution is 2.23. The van der Waals surface area contributed by atoms with E-state index >= 15 is 0 Å². The Labute approximate surface area is 180 Å². The zero-order chi connectivity index (χ0) is 20.9. The third-order valence-electron chi connectivity index (χ3n) is 4.77. The molecule has 8 heteroatoms. The Morgan fingerprint density at radius 3 is 2.40 bits per heavy atom. The fourth-order valence-electron chi connectivity index (χ4n) is 3.31. The predicted octanol–water partition coefficient (Wildman–Crippen LogP) is 5.43. The summed E-state index contributed by atoms with van der Waals surface area (Å²) in [5.41, 5.74) is 3.02. The molecule has 0 spiro atoms. The molecule has 0 radical (unpaired) electrons. The third-order valence-corrected chi connectivity index (χ3v) is 5.10. The van der Waals surface area contributed by atoms with Gasteiger partial charge in [0, 0.05) is 36.2 Å². The Morgan fingerprint density at radius 2 is 1.67 bits per heavy atom. The van der Waals surface area contributed by atoms with Crippen LogP contribution in [0.3, 0.4) is 0 Å². The van der Waals surface area contributed by atoms with Gasteiger partial charge in [-0.2, -0.15) is 4.98 Å². The molecule has 4 rings (SSSR count). The maximum absolute atomic E-state index is 12.2. The standard InChI is InChI=1S/C22H23ClN6O/c1-15-14-20(28-21(24-15)29-12-4-5-13-29)25-16-8-10-17(11-9-16)26-22(30)27-19-7-3-2-6-18(19)23/h2-3,6-11,14H,4-5,12-13H2,1H3,(H,24,25,28)(H2,26,27,30). The maximum Gasteiger partial charge on any atom is 0.323 e. The molecule has 0 unspecified atom stereocenters. The summed E-state index contributed by atoms with van der Waals surface area (Å²) in [6.45, 7) is 3.97. The van der Waals surface area contributed by atoms with Gasteiger partial charge in [0.05, 0.1) is 10.7 Å². The van der Waals surface area contributed by atoms with Crippen LogP contribution in [0.5, 0.6) is 0 Å². The van der Waals surface area contributed by atoms with Crippen LogP contribution in [-0.4, -0.2) is 29.1 Å². The normalized spacial score (nSPS) is 13.2. The summed E-state index contributed by atoms with van der Waals surface area (Å²) < 4.78 is 0. The van der Waals surface area contributed by atoms with Crippen LogP contribution in [0.4, 0.5) is 33.6 Å². The summed E-state index contributed by atoms with van der Waals surface area (Å²) >= 11 is 6.07. The van der Waals surface area contributed by atoms with Gasteiger partial charge in [0.15, 0.2) is 0 Å². The quantitative estimate of drug-likeness (QED) is 0.511. The van der Waals surface area contributed by atoms with Crippen molar-refractivity contribution in [3.63, 3.8) is 0 Å². The number of aromatic nitrogens is 2. The summed E-state index contributed by atoms with van der Waals surface area (Å²) in [6.07, 6.45) is 2.36. The van der Waals surface area contributed by atoms with Crippen LogP contribution >= 0.6 is 11.6 Å². The van der Waals surface area contributed by atoms with E-state index in [1.165, 1.54) is 12.8 Å². The van der Waals surface area contributed by atoms with Gasteiger partial charge in [-0.05, 0) is 56.2 Å². The minimum absolute atomic E-state index is 0.356. The number of anilines is 5. The van der Waals surface area contributed by atoms with Crippen molar-refractivity contribution in [3.05, 3.63) is 65.3 Å². The number of benzene rings is 2. The van der Waals surface area contributed by atoms with Crippen LogP contribution < -0.4 is 20.9 Å². The second kappa shape index (κ2) is 9.00. The van der Waals surface area contributed by atoms with Crippen LogP contribution in [0.15, 0.2) is 54.6 Å². The number of nitrogens with one attached hydrogen (secondary N) is 3. The van der Waals surface area contributed by atoms with Crippen molar-refractivity contribution in [2.75, 3.05) is 33.9 Å². The first kappa shape index (κ1) is 20.0. The van der Waals surface area contributed by atoms with E-state index in [4.69, 9.17) is 11.6 Å². The first-order valence-corrected chi connectivity index (χ1v) is 10.2. The van der Waals surface area contributed by atoms with Crippen molar-refractivity contribution in [3.8, 4) is 0 Å². The molecule has 1 fully saturated rings. The zero-order valence-corrected chi connectivity index (χ0v) is 17.4. The lowest BCUT2D eigenvalue weighted by molar-refractivity contribution is 0.262. The van der Waals surface area contributed by atoms with Crippen molar-refractivity contribution >= 4 is 46.5 Å². The van der Waals surface area contributed by atoms with Crippen LogP contribution in [0, 0.1) is 6.92 Å². The van der Waals surface area contributed by atoms with E-state index in [0.717, 1.165) is 36.2 Å². The molecule has 2 aromatic carbocycles. The molecule has 0 aliphatic carbocycles. The van der Waals surface area contributed by atoms with Gasteiger partial charge in [-0.3, -0.25) is 0 Å². The lowest BCUT2D eigenvalue weighted by Gasteiger charge is -2.17. The Bertz CT molecular complexity index is 1030. The number of carbonyl (C=O) groups excluding carboxylic acids is 1. The molecule has 1 aliphatic heterocycles. The number of urea groups is 1. The number of amides is 2. The van der Waals surface area contributed by atoms with Gasteiger partial charge in [-0.1, -0.05) is 23.7 Å². The number of para-hydroxylation sites is 1. The molecule has 0 atom stereocenters. The minimum atomic E-state index is -0.356. The van der Waals surface area contributed by atoms with E-state index in [0.29, 0.717) is 16.4 Å². The zero-order valence-electron chi connectivity index (χ0n) is 16.7. The summed E-state index contributed by atoms with van der Waals surface area (Å²) in [5.74, 6) is 1.52. The molecule has 154 valence electrons. The van der Waals surface area contributed by atoms with E-state index in [2.05, 4.69) is 30.8 Å². The Kier molecular flexibility index (Phi) is 5.99. The van der Waals surface area contributed by atoms with Gasteiger partial charge in [0.1, 0.15) is 5.82 Å². The van der Waals surface area contributed by atoms with E-state index < -0.39 is 0 Å². The van der Waals surface area contributed by atoms with Crippen molar-refractivity contribution < 1.29 is 4.79 Å².